The van der Waals surface area contributed by atoms with Gasteiger partial charge in [0.2, 0.25) is 0 Å². The number of likely N-dealkylation sites (N-methyl/N-ethyl adjacent to an activating group) is 1. The lowest BCUT2D eigenvalue weighted by Gasteiger charge is -2.33. The molecule has 1 amide bonds. The molecule has 1 saturated heterocycles. The van der Waals surface area contributed by atoms with Gasteiger partial charge in [-0.25, -0.2) is 4.98 Å². The molecule has 1 aliphatic heterocycles. The van der Waals surface area contributed by atoms with Gasteiger partial charge in [0.05, 0.1) is 13.1 Å². The SMILES string of the molecule is CCN1CCN(Cc2cc(C(=O)N(C)Cc3nc(C)cs3)no2)CC1. The second-order valence-electron chi connectivity index (χ2n) is 6.43. The summed E-state index contributed by atoms with van der Waals surface area (Å²) in [6.45, 7) is 10.6. The Bertz CT molecular complexity index is 705. The average molecular weight is 363 g/mol. The van der Waals surface area contributed by atoms with Crippen molar-refractivity contribution in [1.29, 1.82) is 0 Å². The van der Waals surface area contributed by atoms with Crippen molar-refractivity contribution in [2.45, 2.75) is 26.9 Å². The number of carbonyl (C=O) groups is 1. The maximum atomic E-state index is 12.5. The summed E-state index contributed by atoms with van der Waals surface area (Å²) in [5, 5.41) is 6.87. The highest BCUT2D eigenvalue weighted by Gasteiger charge is 2.21. The highest BCUT2D eigenvalue weighted by Crippen LogP contribution is 2.14. The van der Waals surface area contributed by atoms with E-state index in [0.29, 0.717) is 18.8 Å². The van der Waals surface area contributed by atoms with Gasteiger partial charge in [0.15, 0.2) is 11.5 Å². The van der Waals surface area contributed by atoms with Crippen LogP contribution in [0.2, 0.25) is 0 Å². The van der Waals surface area contributed by atoms with E-state index < -0.39 is 0 Å². The molecular weight excluding hydrogens is 338 g/mol. The molecule has 1 aliphatic rings. The monoisotopic (exact) mass is 363 g/mol. The maximum Gasteiger partial charge on any atom is 0.276 e. The smallest absolute Gasteiger partial charge is 0.276 e. The summed E-state index contributed by atoms with van der Waals surface area (Å²) < 4.78 is 5.38. The van der Waals surface area contributed by atoms with Gasteiger partial charge in [0.1, 0.15) is 5.01 Å². The molecule has 0 atom stereocenters. The van der Waals surface area contributed by atoms with Gasteiger partial charge in [-0.2, -0.15) is 0 Å². The molecule has 25 heavy (non-hydrogen) atoms. The van der Waals surface area contributed by atoms with Crippen LogP contribution in [0.1, 0.15) is 33.9 Å². The number of aromatic nitrogens is 2. The second kappa shape index (κ2) is 8.07. The van der Waals surface area contributed by atoms with E-state index in [1.54, 1.807) is 29.4 Å². The molecule has 8 heteroatoms. The van der Waals surface area contributed by atoms with Crippen molar-refractivity contribution in [2.24, 2.45) is 0 Å². The largest absolute Gasteiger partial charge is 0.359 e. The Hall–Kier alpha value is -1.77. The number of amides is 1. The molecule has 3 heterocycles. The minimum absolute atomic E-state index is 0.140. The van der Waals surface area contributed by atoms with Crippen molar-refractivity contribution < 1.29 is 9.32 Å². The van der Waals surface area contributed by atoms with Crippen LogP contribution >= 0.6 is 11.3 Å². The number of hydrogen-bond acceptors (Lipinski definition) is 7. The van der Waals surface area contributed by atoms with E-state index in [9.17, 15) is 4.79 Å². The average Bonchev–Trinajstić information content (AvgIpc) is 3.24. The molecule has 0 aliphatic carbocycles. The molecule has 0 aromatic carbocycles. The molecular formula is C17H25N5O2S. The van der Waals surface area contributed by atoms with E-state index in [2.05, 4.69) is 26.9 Å². The quantitative estimate of drug-likeness (QED) is 0.780. The minimum Gasteiger partial charge on any atom is -0.359 e. The predicted molar refractivity (Wildman–Crippen MR) is 96.5 cm³/mol. The molecule has 136 valence electrons. The molecule has 0 N–H and O–H groups in total. The lowest BCUT2D eigenvalue weighted by atomic mass is 10.2. The van der Waals surface area contributed by atoms with Crippen molar-refractivity contribution >= 4 is 17.2 Å². The molecule has 0 radical (unpaired) electrons. The standard InChI is InChI=1S/C17H25N5O2S/c1-4-21-5-7-22(8-6-21)10-14-9-15(19-24-14)17(23)20(3)11-16-18-13(2)12-25-16/h9,12H,4-8,10-11H2,1-3H3. The van der Waals surface area contributed by atoms with Crippen molar-refractivity contribution in [2.75, 3.05) is 39.8 Å². The van der Waals surface area contributed by atoms with Crippen LogP contribution in [0.5, 0.6) is 0 Å². The van der Waals surface area contributed by atoms with Crippen LogP contribution in [0.25, 0.3) is 0 Å². The normalized spacial score (nSPS) is 16.3. The van der Waals surface area contributed by atoms with Gasteiger partial charge in [-0.3, -0.25) is 9.69 Å². The van der Waals surface area contributed by atoms with Gasteiger partial charge in [0.25, 0.3) is 5.91 Å². The molecule has 7 nitrogen and oxygen atoms in total. The Labute approximate surface area is 152 Å². The first kappa shape index (κ1) is 18.0. The Morgan fingerprint density at radius 3 is 2.68 bits per heavy atom. The van der Waals surface area contributed by atoms with Gasteiger partial charge in [-0.1, -0.05) is 12.1 Å². The van der Waals surface area contributed by atoms with E-state index in [4.69, 9.17) is 4.52 Å². The zero-order valence-electron chi connectivity index (χ0n) is 15.1. The van der Waals surface area contributed by atoms with Crippen molar-refractivity contribution in [3.8, 4) is 0 Å². The van der Waals surface area contributed by atoms with Crippen LogP contribution in [0, 0.1) is 6.92 Å². The number of piperazine rings is 1. The van der Waals surface area contributed by atoms with Crippen LogP contribution in [-0.2, 0) is 13.1 Å². The van der Waals surface area contributed by atoms with Crippen LogP contribution in [-0.4, -0.2) is 70.5 Å². The lowest BCUT2D eigenvalue weighted by Crippen LogP contribution is -2.45. The zero-order valence-corrected chi connectivity index (χ0v) is 15.9. The summed E-state index contributed by atoms with van der Waals surface area (Å²) in [6, 6.07) is 1.76. The van der Waals surface area contributed by atoms with Crippen molar-refractivity contribution in [3.63, 3.8) is 0 Å². The Kier molecular flexibility index (Phi) is 5.82. The molecule has 1 fully saturated rings. The maximum absolute atomic E-state index is 12.5. The number of hydrogen-bond donors (Lipinski definition) is 0. The Morgan fingerprint density at radius 1 is 1.32 bits per heavy atom. The second-order valence-corrected chi connectivity index (χ2v) is 7.38. The summed E-state index contributed by atoms with van der Waals surface area (Å²) in [4.78, 5) is 23.3. The van der Waals surface area contributed by atoms with E-state index in [1.165, 1.54) is 0 Å². The van der Waals surface area contributed by atoms with E-state index in [1.807, 2.05) is 12.3 Å². The molecule has 2 aromatic rings. The summed E-state index contributed by atoms with van der Waals surface area (Å²) in [7, 11) is 1.76. The summed E-state index contributed by atoms with van der Waals surface area (Å²) >= 11 is 1.56. The highest BCUT2D eigenvalue weighted by molar-refractivity contribution is 7.09. The first-order chi connectivity index (χ1) is 12.0. The molecule has 2 aromatic heterocycles. The number of aryl methyl sites for hydroxylation is 1. The van der Waals surface area contributed by atoms with Crippen LogP contribution in [0.4, 0.5) is 0 Å². The predicted octanol–water partition coefficient (Wildman–Crippen LogP) is 1.85. The summed E-state index contributed by atoms with van der Waals surface area (Å²) in [5.74, 6) is 0.602. The fourth-order valence-electron chi connectivity index (χ4n) is 2.92. The molecule has 0 spiro atoms. The fraction of sp³-hybridized carbons (Fsp3) is 0.588. The zero-order chi connectivity index (χ0) is 17.8. The highest BCUT2D eigenvalue weighted by atomic mass is 32.1. The third-order valence-electron chi connectivity index (χ3n) is 4.46. The van der Waals surface area contributed by atoms with Gasteiger partial charge >= 0.3 is 0 Å². The number of thiazole rings is 1. The third kappa shape index (κ3) is 4.65. The minimum atomic E-state index is -0.140. The van der Waals surface area contributed by atoms with E-state index in [-0.39, 0.29) is 5.91 Å². The first-order valence-corrected chi connectivity index (χ1v) is 9.50. The number of nitrogens with zero attached hydrogens (tertiary/aromatic N) is 5. The number of carbonyl (C=O) groups excluding carboxylic acids is 1. The van der Waals surface area contributed by atoms with Crippen LogP contribution in [0.3, 0.4) is 0 Å². The molecule has 0 unspecified atom stereocenters. The van der Waals surface area contributed by atoms with Gasteiger partial charge in [0, 0.05) is 50.4 Å². The van der Waals surface area contributed by atoms with Gasteiger partial charge < -0.3 is 14.3 Å². The third-order valence-corrected chi connectivity index (χ3v) is 5.41. The van der Waals surface area contributed by atoms with Crippen molar-refractivity contribution in [3.05, 3.63) is 33.6 Å². The topological polar surface area (TPSA) is 65.7 Å². The van der Waals surface area contributed by atoms with E-state index >= 15 is 0 Å². The fourth-order valence-corrected chi connectivity index (χ4v) is 3.74. The summed E-state index contributed by atoms with van der Waals surface area (Å²) in [6.07, 6.45) is 0. The number of rotatable bonds is 6. The summed E-state index contributed by atoms with van der Waals surface area (Å²) in [5.41, 5.74) is 1.34. The van der Waals surface area contributed by atoms with Gasteiger partial charge in [-0.05, 0) is 13.5 Å². The van der Waals surface area contributed by atoms with Crippen molar-refractivity contribution in [1.82, 2.24) is 24.8 Å². The molecule has 3 rings (SSSR count). The van der Waals surface area contributed by atoms with Crippen LogP contribution < -0.4 is 0 Å². The Morgan fingerprint density at radius 2 is 2.04 bits per heavy atom. The Balaban J connectivity index is 1.54. The van der Waals surface area contributed by atoms with Crippen LogP contribution in [0.15, 0.2) is 16.0 Å². The first-order valence-electron chi connectivity index (χ1n) is 8.62. The van der Waals surface area contributed by atoms with E-state index in [0.717, 1.165) is 49.2 Å². The lowest BCUT2D eigenvalue weighted by molar-refractivity contribution is 0.0774. The molecule has 0 bridgehead atoms. The van der Waals surface area contributed by atoms with Gasteiger partial charge in [-0.15, -0.1) is 11.3 Å². The molecule has 0 saturated carbocycles.